The summed E-state index contributed by atoms with van der Waals surface area (Å²) in [4.78, 5) is 11.2. The minimum absolute atomic E-state index is 0.315. The van der Waals surface area contributed by atoms with Crippen molar-refractivity contribution in [2.45, 2.75) is 13.8 Å². The van der Waals surface area contributed by atoms with E-state index in [1.165, 1.54) is 20.2 Å². The highest BCUT2D eigenvalue weighted by Gasteiger charge is 2.13. The van der Waals surface area contributed by atoms with E-state index in [1.807, 2.05) is 13.8 Å². The number of anilines is 1. The monoisotopic (exact) mass is 273 g/mol. The Kier molecular flexibility index (Phi) is 6.40. The van der Waals surface area contributed by atoms with Crippen molar-refractivity contribution in [3.63, 3.8) is 0 Å². The number of benzene rings is 1. The lowest BCUT2D eigenvalue weighted by Crippen LogP contribution is -2.25. The van der Waals surface area contributed by atoms with Crippen molar-refractivity contribution in [3.8, 4) is 0 Å². The predicted molar refractivity (Wildman–Crippen MR) is 72.4 cm³/mol. The lowest BCUT2D eigenvalue weighted by atomic mass is 10.2. The molecule has 0 N–H and O–H groups in total. The molecule has 0 heterocycles. The van der Waals surface area contributed by atoms with Crippen molar-refractivity contribution in [2.24, 2.45) is 0 Å². The van der Waals surface area contributed by atoms with E-state index in [-0.39, 0.29) is 0 Å². The summed E-state index contributed by atoms with van der Waals surface area (Å²) in [6.45, 7) is 4.00. The van der Waals surface area contributed by atoms with Gasteiger partial charge in [0, 0.05) is 7.05 Å². The van der Waals surface area contributed by atoms with Gasteiger partial charge in [-0.25, -0.2) is 13.2 Å². The third-order valence-corrected chi connectivity index (χ3v) is 3.33. The zero-order valence-corrected chi connectivity index (χ0v) is 12.1. The van der Waals surface area contributed by atoms with Gasteiger partial charge in [-0.2, -0.15) is 0 Å². The number of carbonyl (C=O) groups is 1. The highest BCUT2D eigenvalue weighted by molar-refractivity contribution is 7.92. The minimum atomic E-state index is -3.32. The Balaban J connectivity index is 0.00000137. The molecular weight excluding hydrogens is 254 g/mol. The maximum absolute atomic E-state index is 11.3. The molecule has 18 heavy (non-hydrogen) atoms. The fraction of sp³-hybridized carbons (Fsp3) is 0.417. The number of rotatable bonds is 3. The van der Waals surface area contributed by atoms with Gasteiger partial charge in [-0.05, 0) is 18.2 Å². The smallest absolute Gasteiger partial charge is 0.337 e. The van der Waals surface area contributed by atoms with Gasteiger partial charge < -0.3 is 4.74 Å². The molecule has 5 nitrogen and oxygen atoms in total. The first-order valence-corrected chi connectivity index (χ1v) is 7.33. The number of hydrogen-bond donors (Lipinski definition) is 0. The highest BCUT2D eigenvalue weighted by atomic mass is 32.2. The quantitative estimate of drug-likeness (QED) is 0.789. The van der Waals surface area contributed by atoms with Crippen LogP contribution in [0.3, 0.4) is 0 Å². The van der Waals surface area contributed by atoms with Crippen molar-refractivity contribution in [3.05, 3.63) is 29.8 Å². The maximum atomic E-state index is 11.3. The zero-order chi connectivity index (χ0) is 14.3. The van der Waals surface area contributed by atoms with Gasteiger partial charge in [0.15, 0.2) is 0 Å². The van der Waals surface area contributed by atoms with Crippen LogP contribution in [0.2, 0.25) is 0 Å². The van der Waals surface area contributed by atoms with Gasteiger partial charge in [-0.15, -0.1) is 0 Å². The summed E-state index contributed by atoms with van der Waals surface area (Å²) in [5, 5.41) is 0. The molecule has 0 aliphatic rings. The first kappa shape index (κ1) is 16.4. The lowest BCUT2D eigenvalue weighted by molar-refractivity contribution is 0.0601. The van der Waals surface area contributed by atoms with E-state index in [0.29, 0.717) is 11.3 Å². The molecule has 0 amide bonds. The van der Waals surface area contributed by atoms with Crippen molar-refractivity contribution >= 4 is 21.7 Å². The molecule has 1 aromatic rings. The molecule has 0 spiro atoms. The molecule has 1 aromatic carbocycles. The van der Waals surface area contributed by atoms with Crippen LogP contribution >= 0.6 is 0 Å². The summed E-state index contributed by atoms with van der Waals surface area (Å²) in [6.07, 6.45) is 1.10. The highest BCUT2D eigenvalue weighted by Crippen LogP contribution is 2.17. The van der Waals surface area contributed by atoms with Gasteiger partial charge in [-0.3, -0.25) is 4.31 Å². The van der Waals surface area contributed by atoms with Gasteiger partial charge in [0.2, 0.25) is 10.0 Å². The van der Waals surface area contributed by atoms with Crippen molar-refractivity contribution in [1.82, 2.24) is 0 Å². The predicted octanol–water partition coefficient (Wildman–Crippen LogP) is 1.90. The zero-order valence-electron chi connectivity index (χ0n) is 11.3. The molecule has 0 aromatic heterocycles. The summed E-state index contributed by atoms with van der Waals surface area (Å²) in [6, 6.07) is 6.23. The molecule has 0 atom stereocenters. The Bertz CT molecular complexity index is 497. The van der Waals surface area contributed by atoms with Crippen LogP contribution in [-0.4, -0.2) is 34.8 Å². The van der Waals surface area contributed by atoms with Crippen LogP contribution in [0.5, 0.6) is 0 Å². The maximum Gasteiger partial charge on any atom is 0.337 e. The van der Waals surface area contributed by atoms with Crippen LogP contribution in [0.4, 0.5) is 5.69 Å². The van der Waals surface area contributed by atoms with Gasteiger partial charge in [-0.1, -0.05) is 19.9 Å². The minimum Gasteiger partial charge on any atom is -0.465 e. The van der Waals surface area contributed by atoms with Gasteiger partial charge >= 0.3 is 5.97 Å². The Hall–Kier alpha value is -1.56. The number of sulfonamides is 1. The first-order valence-electron chi connectivity index (χ1n) is 5.48. The van der Waals surface area contributed by atoms with Crippen molar-refractivity contribution < 1.29 is 17.9 Å². The Morgan fingerprint density at radius 3 is 2.28 bits per heavy atom. The average Bonchev–Trinajstić information content (AvgIpc) is 2.38. The Morgan fingerprint density at radius 2 is 1.83 bits per heavy atom. The van der Waals surface area contributed by atoms with Crippen LogP contribution in [0.15, 0.2) is 24.3 Å². The van der Waals surface area contributed by atoms with Crippen LogP contribution in [0.25, 0.3) is 0 Å². The number of hydrogen-bond acceptors (Lipinski definition) is 4. The van der Waals surface area contributed by atoms with Gasteiger partial charge in [0.05, 0.1) is 24.6 Å². The fourth-order valence-corrected chi connectivity index (χ4v) is 1.63. The standard InChI is InChI=1S/C10H13NO4S.C2H6/c1-11(16(3,13)14)9-6-4-5-8(7-9)10(12)15-2;1-2/h4-7H,1-3H3;1-2H3. The number of carbonyl (C=O) groups excluding carboxylic acids is 1. The second-order valence-electron chi connectivity index (χ2n) is 3.27. The summed E-state index contributed by atoms with van der Waals surface area (Å²) in [7, 11) is -0.628. The van der Waals surface area contributed by atoms with E-state index >= 15 is 0 Å². The van der Waals surface area contributed by atoms with E-state index in [2.05, 4.69) is 4.74 Å². The molecule has 1 rings (SSSR count). The SMILES string of the molecule is CC.COC(=O)c1cccc(N(C)S(C)(=O)=O)c1. The van der Waals surface area contributed by atoms with E-state index in [4.69, 9.17) is 0 Å². The second kappa shape index (κ2) is 7.00. The van der Waals surface area contributed by atoms with Crippen LogP contribution in [0.1, 0.15) is 24.2 Å². The summed E-state index contributed by atoms with van der Waals surface area (Å²) >= 11 is 0. The third kappa shape index (κ3) is 4.37. The molecule has 6 heteroatoms. The summed E-state index contributed by atoms with van der Waals surface area (Å²) in [5.41, 5.74) is 0.737. The third-order valence-electron chi connectivity index (χ3n) is 2.13. The largest absolute Gasteiger partial charge is 0.465 e. The molecule has 0 unspecified atom stereocenters. The number of ether oxygens (including phenoxy) is 1. The molecule has 0 radical (unpaired) electrons. The average molecular weight is 273 g/mol. The Labute approximate surface area is 108 Å². The van der Waals surface area contributed by atoms with E-state index in [0.717, 1.165) is 10.6 Å². The number of esters is 1. The van der Waals surface area contributed by atoms with E-state index in [9.17, 15) is 13.2 Å². The fourth-order valence-electron chi connectivity index (χ4n) is 1.14. The molecule has 0 fully saturated rings. The van der Waals surface area contributed by atoms with Crippen molar-refractivity contribution in [1.29, 1.82) is 0 Å². The van der Waals surface area contributed by atoms with Gasteiger partial charge in [0.1, 0.15) is 0 Å². The molecular formula is C12H19NO4S. The van der Waals surface area contributed by atoms with E-state index in [1.54, 1.807) is 18.2 Å². The number of methoxy groups -OCH3 is 1. The first-order chi connectivity index (χ1) is 8.36. The molecule has 0 saturated heterocycles. The molecule has 0 aliphatic carbocycles. The van der Waals surface area contributed by atoms with Gasteiger partial charge in [0.25, 0.3) is 0 Å². The normalized spacial score (nSPS) is 10.1. The van der Waals surface area contributed by atoms with Crippen LogP contribution in [-0.2, 0) is 14.8 Å². The van der Waals surface area contributed by atoms with Crippen LogP contribution < -0.4 is 4.31 Å². The Morgan fingerprint density at radius 1 is 1.28 bits per heavy atom. The van der Waals surface area contributed by atoms with E-state index < -0.39 is 16.0 Å². The molecule has 102 valence electrons. The number of nitrogens with zero attached hydrogens (tertiary/aromatic N) is 1. The molecule has 0 bridgehead atoms. The summed E-state index contributed by atoms with van der Waals surface area (Å²) in [5.74, 6) is -0.497. The summed E-state index contributed by atoms with van der Waals surface area (Å²) < 4.78 is 28.2. The second-order valence-corrected chi connectivity index (χ2v) is 5.29. The van der Waals surface area contributed by atoms with Crippen molar-refractivity contribution in [2.75, 3.05) is 24.7 Å². The lowest BCUT2D eigenvalue weighted by Gasteiger charge is -2.16. The topological polar surface area (TPSA) is 63.7 Å². The molecule has 0 aliphatic heterocycles. The van der Waals surface area contributed by atoms with Crippen LogP contribution in [0, 0.1) is 0 Å². The molecule has 0 saturated carbocycles.